The molecule has 0 fully saturated rings. The standard InChI is InChI=1S/C20H17F2N3O3/c1-27-14-8-12(9-15(10-14)28-2)20(26)25-18-7-6-13(11-23-18)24-19-16(21)4-3-5-17(19)22/h3-11,24H,1-2H3,(H,23,25,26). The zero-order chi connectivity index (χ0) is 20.1. The fourth-order valence-electron chi connectivity index (χ4n) is 2.43. The molecule has 28 heavy (non-hydrogen) atoms. The minimum absolute atomic E-state index is 0.270. The maximum Gasteiger partial charge on any atom is 0.257 e. The number of pyridine rings is 1. The van der Waals surface area contributed by atoms with Crippen LogP contribution in [0.5, 0.6) is 11.5 Å². The number of methoxy groups -OCH3 is 2. The van der Waals surface area contributed by atoms with Crippen LogP contribution in [0.1, 0.15) is 10.4 Å². The van der Waals surface area contributed by atoms with Crippen molar-refractivity contribution in [3.05, 3.63) is 71.9 Å². The number of anilines is 3. The van der Waals surface area contributed by atoms with Crippen molar-refractivity contribution < 1.29 is 23.0 Å². The Hall–Kier alpha value is -3.68. The van der Waals surface area contributed by atoms with Crippen molar-refractivity contribution in [2.24, 2.45) is 0 Å². The van der Waals surface area contributed by atoms with Crippen LogP contribution in [0.2, 0.25) is 0 Å². The third-order valence-corrected chi connectivity index (χ3v) is 3.85. The smallest absolute Gasteiger partial charge is 0.257 e. The van der Waals surface area contributed by atoms with Gasteiger partial charge in [-0.25, -0.2) is 13.8 Å². The number of carbonyl (C=O) groups excluding carboxylic acids is 1. The van der Waals surface area contributed by atoms with Crippen molar-refractivity contribution in [1.82, 2.24) is 4.98 Å². The Morgan fingerprint density at radius 2 is 1.61 bits per heavy atom. The van der Waals surface area contributed by atoms with E-state index in [-0.39, 0.29) is 11.5 Å². The predicted octanol–water partition coefficient (Wildman–Crippen LogP) is 4.37. The number of aromatic nitrogens is 1. The van der Waals surface area contributed by atoms with Crippen molar-refractivity contribution in [3.8, 4) is 11.5 Å². The van der Waals surface area contributed by atoms with E-state index >= 15 is 0 Å². The second-order valence-corrected chi connectivity index (χ2v) is 5.71. The van der Waals surface area contributed by atoms with Gasteiger partial charge in [-0.1, -0.05) is 6.07 Å². The fraction of sp³-hybridized carbons (Fsp3) is 0.100. The zero-order valence-corrected chi connectivity index (χ0v) is 15.1. The number of ether oxygens (including phenoxy) is 2. The number of hydrogen-bond acceptors (Lipinski definition) is 5. The highest BCUT2D eigenvalue weighted by atomic mass is 19.1. The highest BCUT2D eigenvalue weighted by Gasteiger charge is 2.12. The first kappa shape index (κ1) is 19.1. The molecule has 1 aromatic heterocycles. The van der Waals surface area contributed by atoms with Crippen molar-refractivity contribution in [3.63, 3.8) is 0 Å². The van der Waals surface area contributed by atoms with Crippen LogP contribution in [0.3, 0.4) is 0 Å². The molecule has 0 aliphatic rings. The van der Waals surface area contributed by atoms with Gasteiger partial charge in [-0.3, -0.25) is 4.79 Å². The van der Waals surface area contributed by atoms with Gasteiger partial charge < -0.3 is 20.1 Å². The zero-order valence-electron chi connectivity index (χ0n) is 15.1. The molecule has 1 heterocycles. The molecule has 0 spiro atoms. The molecule has 8 heteroatoms. The van der Waals surface area contributed by atoms with Crippen molar-refractivity contribution in [2.75, 3.05) is 24.9 Å². The molecule has 2 N–H and O–H groups in total. The second kappa shape index (κ2) is 8.34. The van der Waals surface area contributed by atoms with E-state index in [2.05, 4.69) is 15.6 Å². The first-order chi connectivity index (χ1) is 13.5. The molecule has 3 aromatic rings. The number of amides is 1. The largest absolute Gasteiger partial charge is 0.497 e. The van der Waals surface area contributed by atoms with Gasteiger partial charge in [0, 0.05) is 11.6 Å². The van der Waals surface area contributed by atoms with Crippen molar-refractivity contribution >= 4 is 23.1 Å². The normalized spacial score (nSPS) is 10.3. The van der Waals surface area contributed by atoms with E-state index in [1.54, 1.807) is 24.3 Å². The van der Waals surface area contributed by atoms with Gasteiger partial charge in [0.25, 0.3) is 5.91 Å². The lowest BCUT2D eigenvalue weighted by Gasteiger charge is -2.10. The van der Waals surface area contributed by atoms with E-state index in [1.807, 2.05) is 0 Å². The van der Waals surface area contributed by atoms with Crippen LogP contribution in [-0.2, 0) is 0 Å². The minimum Gasteiger partial charge on any atom is -0.497 e. The lowest BCUT2D eigenvalue weighted by molar-refractivity contribution is 0.102. The summed E-state index contributed by atoms with van der Waals surface area (Å²) in [5.74, 6) is -0.626. The van der Waals surface area contributed by atoms with Crippen molar-refractivity contribution in [2.45, 2.75) is 0 Å². The van der Waals surface area contributed by atoms with Gasteiger partial charge in [-0.15, -0.1) is 0 Å². The topological polar surface area (TPSA) is 72.5 Å². The maximum atomic E-state index is 13.7. The molecule has 0 bridgehead atoms. The van der Waals surface area contributed by atoms with E-state index in [9.17, 15) is 13.6 Å². The fourth-order valence-corrected chi connectivity index (χ4v) is 2.43. The number of hydrogen-bond donors (Lipinski definition) is 2. The Bertz CT molecular complexity index is 952. The minimum atomic E-state index is -0.718. The molecule has 1 amide bonds. The molecule has 0 atom stereocenters. The molecule has 0 saturated carbocycles. The average Bonchev–Trinajstić information content (AvgIpc) is 2.71. The molecular weight excluding hydrogens is 368 g/mol. The molecular formula is C20H17F2N3O3. The predicted molar refractivity (Wildman–Crippen MR) is 101 cm³/mol. The van der Waals surface area contributed by atoms with Crippen molar-refractivity contribution in [1.29, 1.82) is 0 Å². The van der Waals surface area contributed by atoms with E-state index in [0.29, 0.717) is 22.7 Å². The number of nitrogens with one attached hydrogen (secondary N) is 2. The summed E-state index contributed by atoms with van der Waals surface area (Å²) in [5, 5.41) is 5.26. The third kappa shape index (κ3) is 4.35. The van der Waals surface area contributed by atoms with E-state index < -0.39 is 17.5 Å². The van der Waals surface area contributed by atoms with Crippen LogP contribution in [0.15, 0.2) is 54.7 Å². The monoisotopic (exact) mass is 385 g/mol. The Balaban J connectivity index is 1.73. The molecule has 3 rings (SSSR count). The van der Waals surface area contributed by atoms with Gasteiger partial charge in [0.1, 0.15) is 34.6 Å². The summed E-state index contributed by atoms with van der Waals surface area (Å²) in [7, 11) is 2.98. The van der Waals surface area contributed by atoms with E-state index in [0.717, 1.165) is 12.1 Å². The summed E-state index contributed by atoms with van der Waals surface area (Å²) in [6, 6.07) is 11.4. The quantitative estimate of drug-likeness (QED) is 0.659. The number of halogens is 2. The number of benzene rings is 2. The lowest BCUT2D eigenvalue weighted by Crippen LogP contribution is -2.13. The first-order valence-electron chi connectivity index (χ1n) is 8.21. The van der Waals surface area contributed by atoms with Crippen LogP contribution in [0.25, 0.3) is 0 Å². The van der Waals surface area contributed by atoms with Gasteiger partial charge in [-0.05, 0) is 36.4 Å². The van der Waals surface area contributed by atoms with Gasteiger partial charge in [0.15, 0.2) is 0 Å². The summed E-state index contributed by atoms with van der Waals surface area (Å²) < 4.78 is 37.7. The lowest BCUT2D eigenvalue weighted by atomic mass is 10.2. The van der Waals surface area contributed by atoms with Crippen LogP contribution in [0.4, 0.5) is 26.0 Å². The molecule has 144 valence electrons. The molecule has 0 aliphatic carbocycles. The van der Waals surface area contributed by atoms with Crippen LogP contribution in [0, 0.1) is 11.6 Å². The summed E-state index contributed by atoms with van der Waals surface area (Å²) in [4.78, 5) is 16.5. The molecule has 0 unspecified atom stereocenters. The number of carbonyl (C=O) groups is 1. The number of rotatable bonds is 6. The Labute approximate surface area is 160 Å². The van der Waals surface area contributed by atoms with Crippen LogP contribution < -0.4 is 20.1 Å². The molecule has 0 radical (unpaired) electrons. The van der Waals surface area contributed by atoms with Gasteiger partial charge in [-0.2, -0.15) is 0 Å². The Morgan fingerprint density at radius 3 is 2.14 bits per heavy atom. The van der Waals surface area contributed by atoms with Crippen LogP contribution in [-0.4, -0.2) is 25.1 Å². The summed E-state index contributed by atoms with van der Waals surface area (Å²) in [6.45, 7) is 0. The summed E-state index contributed by atoms with van der Waals surface area (Å²) >= 11 is 0. The Kier molecular flexibility index (Phi) is 5.69. The number of nitrogens with zero attached hydrogens (tertiary/aromatic N) is 1. The Morgan fingerprint density at radius 1 is 0.964 bits per heavy atom. The maximum absolute atomic E-state index is 13.7. The highest BCUT2D eigenvalue weighted by molar-refractivity contribution is 6.04. The van der Waals surface area contributed by atoms with Gasteiger partial charge in [0.2, 0.25) is 0 Å². The van der Waals surface area contributed by atoms with Crippen LogP contribution >= 0.6 is 0 Å². The second-order valence-electron chi connectivity index (χ2n) is 5.71. The SMILES string of the molecule is COc1cc(OC)cc(C(=O)Nc2ccc(Nc3c(F)cccc3F)cn2)c1. The molecule has 6 nitrogen and oxygen atoms in total. The van der Waals surface area contributed by atoms with Gasteiger partial charge >= 0.3 is 0 Å². The average molecular weight is 385 g/mol. The third-order valence-electron chi connectivity index (χ3n) is 3.85. The molecule has 0 aliphatic heterocycles. The summed E-state index contributed by atoms with van der Waals surface area (Å²) in [6.07, 6.45) is 1.35. The number of para-hydroxylation sites is 1. The van der Waals surface area contributed by atoms with Gasteiger partial charge in [0.05, 0.1) is 26.1 Å². The first-order valence-corrected chi connectivity index (χ1v) is 8.21. The highest BCUT2D eigenvalue weighted by Crippen LogP contribution is 2.25. The van der Waals surface area contributed by atoms with E-state index in [4.69, 9.17) is 9.47 Å². The molecule has 0 saturated heterocycles. The van der Waals surface area contributed by atoms with E-state index in [1.165, 1.54) is 32.5 Å². The molecule has 2 aromatic carbocycles. The summed E-state index contributed by atoms with van der Waals surface area (Å²) in [5.41, 5.74) is 0.420.